The van der Waals surface area contributed by atoms with E-state index in [1.54, 1.807) is 0 Å². The Labute approximate surface area is 179 Å². The topological polar surface area (TPSA) is 75.2 Å². The Morgan fingerprint density at radius 2 is 1.83 bits per heavy atom. The van der Waals surface area contributed by atoms with E-state index >= 15 is 0 Å². The number of aryl methyl sites for hydroxylation is 2. The van der Waals surface area contributed by atoms with Gasteiger partial charge in [0.05, 0.1) is 12.3 Å². The Hall–Kier alpha value is -2.76. The van der Waals surface area contributed by atoms with Gasteiger partial charge in [0.15, 0.2) is 0 Å². The van der Waals surface area contributed by atoms with Crippen molar-refractivity contribution < 1.29 is 9.59 Å². The molecule has 0 saturated carbocycles. The van der Waals surface area contributed by atoms with Gasteiger partial charge in [-0.05, 0) is 46.1 Å². The molecule has 1 N–H and O–H groups in total. The SMILES string of the molecule is CCNC(=O)Cc1c(C)nc(C2CCCN(C(=O)C(C)c3ccccc3)C2)nc1C. The molecule has 30 heavy (non-hydrogen) atoms. The maximum absolute atomic E-state index is 13.1. The van der Waals surface area contributed by atoms with E-state index in [4.69, 9.17) is 9.97 Å². The van der Waals surface area contributed by atoms with E-state index < -0.39 is 0 Å². The molecular formula is C24H32N4O2. The standard InChI is InChI=1S/C24H32N4O2/c1-5-25-22(29)14-21-17(3)26-23(27-18(21)4)20-12-9-13-28(15-20)24(30)16(2)19-10-7-6-8-11-19/h6-8,10-11,16,20H,5,9,12-15H2,1-4H3,(H,25,29). The number of hydrogen-bond acceptors (Lipinski definition) is 4. The summed E-state index contributed by atoms with van der Waals surface area (Å²) in [7, 11) is 0. The maximum atomic E-state index is 13.1. The lowest BCUT2D eigenvalue weighted by Crippen LogP contribution is -2.41. The molecule has 1 aliphatic heterocycles. The van der Waals surface area contributed by atoms with E-state index in [0.29, 0.717) is 19.5 Å². The second-order valence-electron chi connectivity index (χ2n) is 8.12. The van der Waals surface area contributed by atoms with Crippen LogP contribution in [0, 0.1) is 13.8 Å². The summed E-state index contributed by atoms with van der Waals surface area (Å²) in [6, 6.07) is 9.93. The number of nitrogens with zero attached hydrogens (tertiary/aromatic N) is 3. The minimum Gasteiger partial charge on any atom is -0.356 e. The van der Waals surface area contributed by atoms with E-state index in [9.17, 15) is 9.59 Å². The Bertz CT molecular complexity index is 874. The van der Waals surface area contributed by atoms with Gasteiger partial charge in [0.1, 0.15) is 5.82 Å². The molecule has 1 aliphatic rings. The number of rotatable bonds is 6. The Morgan fingerprint density at radius 3 is 2.47 bits per heavy atom. The minimum atomic E-state index is -0.159. The summed E-state index contributed by atoms with van der Waals surface area (Å²) in [6.07, 6.45) is 2.22. The van der Waals surface area contributed by atoms with Crippen molar-refractivity contribution >= 4 is 11.8 Å². The van der Waals surface area contributed by atoms with Crippen molar-refractivity contribution in [2.24, 2.45) is 0 Å². The van der Waals surface area contributed by atoms with Gasteiger partial charge in [-0.2, -0.15) is 0 Å². The highest BCUT2D eigenvalue weighted by atomic mass is 16.2. The third kappa shape index (κ3) is 5.04. The lowest BCUT2D eigenvalue weighted by atomic mass is 9.93. The number of carbonyl (C=O) groups excluding carboxylic acids is 2. The molecule has 2 amide bonds. The van der Waals surface area contributed by atoms with Crippen LogP contribution >= 0.6 is 0 Å². The normalized spacial score (nSPS) is 17.5. The molecule has 0 aliphatic carbocycles. The van der Waals surface area contributed by atoms with Gasteiger partial charge in [0.25, 0.3) is 0 Å². The fourth-order valence-corrected chi connectivity index (χ4v) is 4.17. The molecule has 1 saturated heterocycles. The molecule has 160 valence electrons. The third-order valence-corrected chi connectivity index (χ3v) is 5.92. The fraction of sp³-hybridized carbons (Fsp3) is 0.500. The summed E-state index contributed by atoms with van der Waals surface area (Å²) in [4.78, 5) is 36.5. The highest BCUT2D eigenvalue weighted by Crippen LogP contribution is 2.28. The van der Waals surface area contributed by atoms with Crippen LogP contribution < -0.4 is 5.32 Å². The van der Waals surface area contributed by atoms with Crippen molar-refractivity contribution in [2.75, 3.05) is 19.6 Å². The van der Waals surface area contributed by atoms with Crippen molar-refractivity contribution in [2.45, 2.75) is 58.8 Å². The first-order chi connectivity index (χ1) is 14.4. The Kier molecular flexibility index (Phi) is 7.19. The van der Waals surface area contributed by atoms with Crippen molar-refractivity contribution in [1.29, 1.82) is 0 Å². The molecule has 1 aromatic carbocycles. The molecule has 2 aromatic rings. The summed E-state index contributed by atoms with van der Waals surface area (Å²) < 4.78 is 0. The first kappa shape index (κ1) is 21.9. The zero-order valence-electron chi connectivity index (χ0n) is 18.4. The van der Waals surface area contributed by atoms with Crippen LogP contribution in [0.1, 0.15) is 66.9 Å². The van der Waals surface area contributed by atoms with Crippen LogP contribution in [0.3, 0.4) is 0 Å². The zero-order valence-corrected chi connectivity index (χ0v) is 18.4. The van der Waals surface area contributed by atoms with Crippen molar-refractivity contribution in [3.63, 3.8) is 0 Å². The lowest BCUT2D eigenvalue weighted by molar-refractivity contribution is -0.133. The molecule has 2 unspecified atom stereocenters. The van der Waals surface area contributed by atoms with Gasteiger partial charge in [-0.3, -0.25) is 9.59 Å². The fourth-order valence-electron chi connectivity index (χ4n) is 4.17. The van der Waals surface area contributed by atoms with E-state index in [1.807, 2.05) is 62.9 Å². The van der Waals surface area contributed by atoms with E-state index in [-0.39, 0.29) is 23.7 Å². The van der Waals surface area contributed by atoms with Gasteiger partial charge < -0.3 is 10.2 Å². The molecule has 2 heterocycles. The molecule has 0 radical (unpaired) electrons. The van der Waals surface area contributed by atoms with E-state index in [2.05, 4.69) is 5.32 Å². The number of benzene rings is 1. The van der Waals surface area contributed by atoms with Gasteiger partial charge in [-0.25, -0.2) is 9.97 Å². The molecule has 6 nitrogen and oxygen atoms in total. The largest absolute Gasteiger partial charge is 0.356 e. The molecule has 1 aromatic heterocycles. The van der Waals surface area contributed by atoms with Crippen LogP contribution in [0.15, 0.2) is 30.3 Å². The number of carbonyl (C=O) groups is 2. The number of amides is 2. The number of nitrogens with one attached hydrogen (secondary N) is 1. The maximum Gasteiger partial charge on any atom is 0.229 e. The highest BCUT2D eigenvalue weighted by molar-refractivity contribution is 5.83. The second kappa shape index (κ2) is 9.83. The summed E-state index contributed by atoms with van der Waals surface area (Å²) in [5.74, 6) is 0.904. The third-order valence-electron chi connectivity index (χ3n) is 5.92. The Balaban J connectivity index is 1.73. The van der Waals surface area contributed by atoms with Crippen molar-refractivity contribution in [3.05, 3.63) is 58.7 Å². The molecule has 0 spiro atoms. The van der Waals surface area contributed by atoms with Crippen LogP contribution in [-0.4, -0.2) is 46.3 Å². The average molecular weight is 409 g/mol. The van der Waals surface area contributed by atoms with Crippen LogP contribution in [0.2, 0.25) is 0 Å². The minimum absolute atomic E-state index is 0.00983. The molecule has 2 atom stereocenters. The van der Waals surface area contributed by atoms with Crippen LogP contribution in [0.25, 0.3) is 0 Å². The first-order valence-electron chi connectivity index (χ1n) is 10.8. The molecular weight excluding hydrogens is 376 g/mol. The summed E-state index contributed by atoms with van der Waals surface area (Å²) in [5.41, 5.74) is 3.64. The predicted octanol–water partition coefficient (Wildman–Crippen LogP) is 3.28. The highest BCUT2D eigenvalue weighted by Gasteiger charge is 2.30. The zero-order chi connectivity index (χ0) is 21.7. The van der Waals surface area contributed by atoms with Gasteiger partial charge >= 0.3 is 0 Å². The molecule has 3 rings (SSSR count). The first-order valence-corrected chi connectivity index (χ1v) is 10.8. The number of hydrogen-bond donors (Lipinski definition) is 1. The van der Waals surface area contributed by atoms with Crippen LogP contribution in [-0.2, 0) is 16.0 Å². The lowest BCUT2D eigenvalue weighted by Gasteiger charge is -2.34. The number of likely N-dealkylation sites (N-methyl/N-ethyl adjacent to an activating group) is 1. The number of likely N-dealkylation sites (tertiary alicyclic amines) is 1. The van der Waals surface area contributed by atoms with E-state index in [0.717, 1.165) is 47.7 Å². The second-order valence-corrected chi connectivity index (χ2v) is 8.12. The number of piperidine rings is 1. The van der Waals surface area contributed by atoms with Gasteiger partial charge in [0.2, 0.25) is 11.8 Å². The van der Waals surface area contributed by atoms with Crippen LogP contribution in [0.4, 0.5) is 0 Å². The molecule has 0 bridgehead atoms. The van der Waals surface area contributed by atoms with Crippen molar-refractivity contribution in [3.8, 4) is 0 Å². The monoisotopic (exact) mass is 408 g/mol. The predicted molar refractivity (Wildman–Crippen MR) is 117 cm³/mol. The Morgan fingerprint density at radius 1 is 1.17 bits per heavy atom. The summed E-state index contributed by atoms with van der Waals surface area (Å²) in [5, 5.41) is 2.83. The van der Waals surface area contributed by atoms with Crippen molar-refractivity contribution in [1.82, 2.24) is 20.2 Å². The molecule has 6 heteroatoms. The van der Waals surface area contributed by atoms with Gasteiger partial charge in [-0.15, -0.1) is 0 Å². The summed E-state index contributed by atoms with van der Waals surface area (Å²) >= 11 is 0. The van der Waals surface area contributed by atoms with E-state index in [1.165, 1.54) is 0 Å². The quantitative estimate of drug-likeness (QED) is 0.796. The molecule has 1 fully saturated rings. The number of aromatic nitrogens is 2. The van der Waals surface area contributed by atoms with Gasteiger partial charge in [0, 0.05) is 42.5 Å². The van der Waals surface area contributed by atoms with Crippen LogP contribution in [0.5, 0.6) is 0 Å². The van der Waals surface area contributed by atoms with Gasteiger partial charge in [-0.1, -0.05) is 30.3 Å². The average Bonchev–Trinajstić information content (AvgIpc) is 2.76. The summed E-state index contributed by atoms with van der Waals surface area (Å²) in [6.45, 7) is 9.80. The smallest absolute Gasteiger partial charge is 0.229 e.